The van der Waals surface area contributed by atoms with Gasteiger partial charge in [0.05, 0.1) is 12.6 Å². The Morgan fingerprint density at radius 3 is 1.64 bits per heavy atom. The van der Waals surface area contributed by atoms with E-state index >= 15 is 0 Å². The van der Waals surface area contributed by atoms with E-state index in [1.54, 1.807) is 20.0 Å². The molecule has 0 bridgehead atoms. The second-order valence-corrected chi connectivity index (χ2v) is 19.8. The summed E-state index contributed by atoms with van der Waals surface area (Å²) < 4.78 is 0. The van der Waals surface area contributed by atoms with Crippen LogP contribution in [-0.2, 0) is 44.8 Å². The third kappa shape index (κ3) is 20.4. The highest BCUT2D eigenvalue weighted by atomic mass is 16.3. The standard InChI is InChI=1S/C49H82N14O9/c1-27(2)21-36(41(51)65)59-43(67)35(17-12-20-55-49(52)53)58-45(69)37(22-28(3)4)61-48(72)40(26-64)63-46(70)38(23-29(5)6)60-44(68)34(15-9-10-18-50)57-47(71)39(62-42(66)33-16-11-19-54-33)24-30-25-56-32-14-8-7-13-31(30)32/h7-8,13-14,25,27-29,33-40,54,56,64H,9-12,15-24,26,50H2,1-6H3,(H2,51,65)(H,57,71)(H,58,69)(H,59,67)(H,60,68)(H,61,72)(H,62,66)(H,63,70)(H4,52,53,55)/t33-,34-,35-,36-,37-,38-,39-,40-/m0/s1. The van der Waals surface area contributed by atoms with Crippen molar-refractivity contribution in [1.29, 1.82) is 0 Å². The number of H-pyrrole nitrogens is 1. The number of fused-ring (bicyclic) bond motifs is 1. The van der Waals surface area contributed by atoms with Crippen molar-refractivity contribution < 1.29 is 43.5 Å². The Morgan fingerprint density at radius 2 is 1.12 bits per heavy atom. The number of aromatic nitrogens is 1. The Bertz CT molecular complexity index is 2140. The molecule has 0 unspecified atom stereocenters. The molecule has 8 atom stereocenters. The first-order valence-corrected chi connectivity index (χ1v) is 25.2. The highest BCUT2D eigenvalue weighted by Gasteiger charge is 2.35. The quantitative estimate of drug-likeness (QED) is 0.0230. The van der Waals surface area contributed by atoms with Gasteiger partial charge in [0.2, 0.25) is 47.3 Å². The predicted octanol–water partition coefficient (Wildman–Crippen LogP) is -1.35. The minimum absolute atomic E-state index is 0.00237. The molecule has 1 aliphatic rings. The average molecular weight is 1010 g/mol. The van der Waals surface area contributed by atoms with Gasteiger partial charge in [0.1, 0.15) is 42.3 Å². The summed E-state index contributed by atoms with van der Waals surface area (Å²) in [5.41, 5.74) is 23.9. The number of carbonyl (C=O) groups excluding carboxylic acids is 8. The van der Waals surface area contributed by atoms with Gasteiger partial charge in [0.15, 0.2) is 5.96 Å². The number of rotatable bonds is 32. The molecule has 2 heterocycles. The number of nitrogens with two attached hydrogens (primary N) is 4. The van der Waals surface area contributed by atoms with Crippen LogP contribution in [0.3, 0.4) is 0 Å². The largest absolute Gasteiger partial charge is 0.394 e. The number of hydrogen-bond acceptors (Lipinski definition) is 12. The summed E-state index contributed by atoms with van der Waals surface area (Å²) in [6.45, 7) is 11.2. The molecule has 1 aromatic heterocycles. The molecule has 0 radical (unpaired) electrons. The number of aromatic amines is 1. The van der Waals surface area contributed by atoms with Crippen LogP contribution >= 0.6 is 0 Å². The first-order chi connectivity index (χ1) is 34.1. The van der Waals surface area contributed by atoms with Gasteiger partial charge >= 0.3 is 0 Å². The number of aliphatic hydroxyl groups excluding tert-OH is 1. The Morgan fingerprint density at radius 1 is 0.639 bits per heavy atom. The molecular weight excluding hydrogens is 929 g/mol. The van der Waals surface area contributed by atoms with Crippen LogP contribution in [0.1, 0.15) is 111 Å². The minimum atomic E-state index is -1.60. The molecule has 1 aromatic carbocycles. The molecular formula is C49H82N14O9. The van der Waals surface area contributed by atoms with Crippen molar-refractivity contribution in [2.24, 2.45) is 45.7 Å². The van der Waals surface area contributed by atoms with E-state index in [0.29, 0.717) is 32.4 Å². The van der Waals surface area contributed by atoms with Gasteiger partial charge in [0, 0.05) is 30.1 Å². The van der Waals surface area contributed by atoms with E-state index in [9.17, 15) is 43.5 Å². The SMILES string of the molecule is CC(C)C[C@H](NC(=O)[C@H](CCCN=C(N)N)NC(=O)[C@H](CC(C)C)NC(=O)[C@H](CO)NC(=O)[C@H](CC(C)C)NC(=O)[C@H](CCCCN)NC(=O)[C@H](Cc1c[nH]c2ccccc12)NC(=O)[C@@H]1CCCN1)C(N)=O. The van der Waals surface area contributed by atoms with E-state index in [0.717, 1.165) is 22.9 Å². The van der Waals surface area contributed by atoms with Crippen molar-refractivity contribution in [3.63, 3.8) is 0 Å². The number of unbranched alkanes of at least 4 members (excludes halogenated alkanes) is 1. The number of carbonyl (C=O) groups is 8. The smallest absolute Gasteiger partial charge is 0.245 e. The van der Waals surface area contributed by atoms with E-state index in [1.807, 2.05) is 52.0 Å². The number of para-hydroxylation sites is 1. The van der Waals surface area contributed by atoms with E-state index in [1.165, 1.54) is 0 Å². The maximum absolute atomic E-state index is 14.2. The third-order valence-electron chi connectivity index (χ3n) is 12.1. The summed E-state index contributed by atoms with van der Waals surface area (Å²) in [6.07, 6.45) is 5.12. The number of aliphatic hydroxyl groups is 1. The number of amides is 8. The molecule has 402 valence electrons. The van der Waals surface area contributed by atoms with Gasteiger partial charge in [-0.05, 0) is 107 Å². The molecule has 0 saturated carbocycles. The van der Waals surface area contributed by atoms with Gasteiger partial charge in [-0.2, -0.15) is 0 Å². The number of aliphatic imine (C=N–C) groups is 1. The zero-order valence-corrected chi connectivity index (χ0v) is 42.8. The van der Waals surface area contributed by atoms with Gasteiger partial charge in [-0.1, -0.05) is 59.7 Å². The van der Waals surface area contributed by atoms with E-state index in [-0.39, 0.29) is 81.1 Å². The van der Waals surface area contributed by atoms with E-state index in [2.05, 4.69) is 52.5 Å². The van der Waals surface area contributed by atoms with Crippen LogP contribution < -0.4 is 65.5 Å². The average Bonchev–Trinajstić information content (AvgIpc) is 4.01. The lowest BCUT2D eigenvalue weighted by Gasteiger charge is -2.28. The van der Waals surface area contributed by atoms with Crippen LogP contribution in [0.25, 0.3) is 10.9 Å². The molecule has 0 aliphatic carbocycles. The molecule has 8 amide bonds. The zero-order valence-electron chi connectivity index (χ0n) is 42.8. The van der Waals surface area contributed by atoms with E-state index in [4.69, 9.17) is 22.9 Å². The Labute approximate surface area is 422 Å². The minimum Gasteiger partial charge on any atom is -0.394 e. The number of primary amides is 1. The summed E-state index contributed by atoms with van der Waals surface area (Å²) in [5.74, 6) is -6.11. The fourth-order valence-electron chi connectivity index (χ4n) is 8.40. The van der Waals surface area contributed by atoms with Gasteiger partial charge in [0.25, 0.3) is 0 Å². The monoisotopic (exact) mass is 1010 g/mol. The molecule has 2 aromatic rings. The maximum atomic E-state index is 14.2. The van der Waals surface area contributed by atoms with Gasteiger partial charge in [-0.15, -0.1) is 0 Å². The highest BCUT2D eigenvalue weighted by Crippen LogP contribution is 2.20. The molecule has 18 N–H and O–H groups in total. The Kier molecular flexibility index (Phi) is 25.4. The lowest BCUT2D eigenvalue weighted by molar-refractivity contribution is -0.136. The normalized spacial score (nSPS) is 16.4. The van der Waals surface area contributed by atoms with Crippen LogP contribution in [0, 0.1) is 17.8 Å². The molecule has 3 rings (SSSR count). The second-order valence-electron chi connectivity index (χ2n) is 19.8. The summed E-state index contributed by atoms with van der Waals surface area (Å²) in [7, 11) is 0. The molecule has 72 heavy (non-hydrogen) atoms. The lowest BCUT2D eigenvalue weighted by Crippen LogP contribution is -2.61. The predicted molar refractivity (Wildman–Crippen MR) is 274 cm³/mol. The lowest BCUT2D eigenvalue weighted by atomic mass is 10.00. The fraction of sp³-hybridized carbons (Fsp3) is 0.653. The van der Waals surface area contributed by atoms with Gasteiger partial charge in [-0.3, -0.25) is 43.3 Å². The summed E-state index contributed by atoms with van der Waals surface area (Å²) in [6, 6.07) is -1.51. The molecule has 1 aliphatic heterocycles. The van der Waals surface area contributed by atoms with Crippen molar-refractivity contribution in [3.05, 3.63) is 36.0 Å². The van der Waals surface area contributed by atoms with Crippen LogP contribution in [0.2, 0.25) is 0 Å². The number of guanidine groups is 1. The van der Waals surface area contributed by atoms with Crippen LogP contribution in [0.4, 0.5) is 0 Å². The fourth-order valence-corrected chi connectivity index (χ4v) is 8.40. The Hall–Kier alpha value is -6.33. The maximum Gasteiger partial charge on any atom is 0.245 e. The third-order valence-corrected chi connectivity index (χ3v) is 12.1. The van der Waals surface area contributed by atoms with E-state index < -0.39 is 96.3 Å². The van der Waals surface area contributed by atoms with Crippen molar-refractivity contribution >= 4 is 64.1 Å². The summed E-state index contributed by atoms with van der Waals surface area (Å²) in [4.78, 5) is 117. The van der Waals surface area contributed by atoms with Crippen LogP contribution in [0.5, 0.6) is 0 Å². The number of hydrogen-bond donors (Lipinski definition) is 14. The molecule has 1 saturated heterocycles. The molecule has 0 spiro atoms. The summed E-state index contributed by atoms with van der Waals surface area (Å²) in [5, 5.41) is 33.4. The molecule has 23 heteroatoms. The van der Waals surface area contributed by atoms with Gasteiger partial charge < -0.3 is 75.6 Å². The van der Waals surface area contributed by atoms with Crippen molar-refractivity contribution in [1.82, 2.24) is 47.5 Å². The number of nitrogens with zero attached hydrogens (tertiary/aromatic N) is 1. The molecule has 23 nitrogen and oxygen atoms in total. The summed E-state index contributed by atoms with van der Waals surface area (Å²) >= 11 is 0. The Balaban J connectivity index is 1.82. The van der Waals surface area contributed by atoms with Crippen LogP contribution in [0.15, 0.2) is 35.5 Å². The highest BCUT2D eigenvalue weighted by molar-refractivity contribution is 5.98. The topological polar surface area (TPSA) is 385 Å². The molecule has 1 fully saturated rings. The van der Waals surface area contributed by atoms with Crippen molar-refractivity contribution in [2.45, 2.75) is 161 Å². The number of benzene rings is 1. The van der Waals surface area contributed by atoms with Crippen molar-refractivity contribution in [2.75, 3.05) is 26.2 Å². The second kappa shape index (κ2) is 30.5. The first-order valence-electron chi connectivity index (χ1n) is 25.2. The number of nitrogens with one attached hydrogen (secondary N) is 9. The zero-order chi connectivity index (χ0) is 53.5. The van der Waals surface area contributed by atoms with Crippen molar-refractivity contribution in [3.8, 4) is 0 Å². The first kappa shape index (κ1) is 60.0. The van der Waals surface area contributed by atoms with Gasteiger partial charge in [-0.25, -0.2) is 0 Å². The van der Waals surface area contributed by atoms with Crippen LogP contribution in [-0.4, -0.2) is 138 Å².